The Labute approximate surface area is 134 Å². The molecular weight excluding hydrogens is 292 g/mol. The first kappa shape index (κ1) is 14.6. The van der Waals surface area contributed by atoms with E-state index in [0.29, 0.717) is 6.42 Å². The summed E-state index contributed by atoms with van der Waals surface area (Å²) in [5, 5.41) is 5.04. The lowest BCUT2D eigenvalue weighted by Gasteiger charge is -2.17. The Morgan fingerprint density at radius 2 is 2.00 bits per heavy atom. The van der Waals surface area contributed by atoms with Crippen LogP contribution in [0.25, 0.3) is 0 Å². The lowest BCUT2D eigenvalue weighted by molar-refractivity contribution is -0.116. The predicted octanol–water partition coefficient (Wildman–Crippen LogP) is 4.48. The number of carbonyl (C=O) groups is 1. The first-order valence-electron chi connectivity index (χ1n) is 7.25. The number of nitrogens with one attached hydrogen (secondary N) is 1. The van der Waals surface area contributed by atoms with Crippen molar-refractivity contribution in [2.24, 2.45) is 0 Å². The van der Waals surface area contributed by atoms with Crippen molar-refractivity contribution in [3.05, 3.63) is 76.7 Å². The van der Waals surface area contributed by atoms with Gasteiger partial charge in [-0.05, 0) is 48.2 Å². The summed E-state index contributed by atoms with van der Waals surface area (Å²) in [5.41, 5.74) is 1.99. The van der Waals surface area contributed by atoms with E-state index in [9.17, 15) is 4.79 Å². The summed E-state index contributed by atoms with van der Waals surface area (Å²) >= 11 is 1.68. The second-order valence-corrected chi connectivity index (χ2v) is 6.26. The molecule has 0 saturated carbocycles. The fourth-order valence-corrected chi connectivity index (χ4v) is 3.33. The van der Waals surface area contributed by atoms with Crippen molar-refractivity contribution >= 4 is 22.9 Å². The molecule has 3 aromatic rings. The summed E-state index contributed by atoms with van der Waals surface area (Å²) in [4.78, 5) is 13.6. The van der Waals surface area contributed by atoms with Gasteiger partial charge in [-0.1, -0.05) is 18.2 Å². The summed E-state index contributed by atoms with van der Waals surface area (Å²) in [6.45, 7) is 2.02. The van der Waals surface area contributed by atoms with E-state index in [-0.39, 0.29) is 11.9 Å². The number of thiophene rings is 1. The molecule has 3 nitrogen and oxygen atoms in total. The van der Waals surface area contributed by atoms with E-state index in [1.54, 1.807) is 11.3 Å². The maximum absolute atomic E-state index is 12.4. The van der Waals surface area contributed by atoms with Crippen LogP contribution >= 0.6 is 11.3 Å². The van der Waals surface area contributed by atoms with Crippen LogP contribution in [0, 0.1) is 6.92 Å². The van der Waals surface area contributed by atoms with E-state index in [1.807, 2.05) is 67.2 Å². The van der Waals surface area contributed by atoms with Crippen LogP contribution in [0.3, 0.4) is 0 Å². The van der Waals surface area contributed by atoms with Crippen molar-refractivity contribution < 1.29 is 4.79 Å². The van der Waals surface area contributed by atoms with Crippen LogP contribution in [-0.2, 0) is 4.79 Å². The summed E-state index contributed by atoms with van der Waals surface area (Å²) < 4.78 is 2.08. The number of rotatable bonds is 5. The second kappa shape index (κ2) is 6.62. The third kappa shape index (κ3) is 3.46. The lowest BCUT2D eigenvalue weighted by atomic mass is 10.1. The van der Waals surface area contributed by atoms with Gasteiger partial charge in [-0.3, -0.25) is 4.79 Å². The molecule has 0 unspecified atom stereocenters. The maximum Gasteiger partial charge on any atom is 0.226 e. The molecule has 0 aliphatic rings. The highest BCUT2D eigenvalue weighted by Gasteiger charge is 2.18. The topological polar surface area (TPSA) is 34.0 Å². The Hall–Kier alpha value is -2.33. The monoisotopic (exact) mass is 310 g/mol. The van der Waals surface area contributed by atoms with Crippen LogP contribution in [0.4, 0.5) is 5.69 Å². The molecular formula is C18H18N2OS. The van der Waals surface area contributed by atoms with E-state index < -0.39 is 0 Å². The van der Waals surface area contributed by atoms with Crippen LogP contribution in [0.1, 0.15) is 22.9 Å². The number of aromatic nitrogens is 1. The van der Waals surface area contributed by atoms with Crippen LogP contribution in [-0.4, -0.2) is 10.5 Å². The molecule has 0 bridgehead atoms. The molecule has 1 atom stereocenters. The molecule has 3 rings (SSSR count). The number of benzene rings is 1. The first-order chi connectivity index (χ1) is 10.7. The molecule has 1 amide bonds. The van der Waals surface area contributed by atoms with Crippen LogP contribution < -0.4 is 5.32 Å². The predicted molar refractivity (Wildman–Crippen MR) is 91.3 cm³/mol. The van der Waals surface area contributed by atoms with Gasteiger partial charge in [-0.15, -0.1) is 11.3 Å². The summed E-state index contributed by atoms with van der Waals surface area (Å²) in [6.07, 6.45) is 4.43. The second-order valence-electron chi connectivity index (χ2n) is 5.28. The van der Waals surface area contributed by atoms with E-state index in [0.717, 1.165) is 11.3 Å². The zero-order valence-corrected chi connectivity index (χ0v) is 13.2. The number of anilines is 1. The Balaban J connectivity index is 1.75. The van der Waals surface area contributed by atoms with Crippen molar-refractivity contribution in [2.75, 3.05) is 5.32 Å². The van der Waals surface area contributed by atoms with Gasteiger partial charge in [-0.25, -0.2) is 0 Å². The number of nitrogens with zero attached hydrogens (tertiary/aromatic N) is 1. The van der Waals surface area contributed by atoms with Crippen molar-refractivity contribution in [3.63, 3.8) is 0 Å². The minimum Gasteiger partial charge on any atom is -0.346 e. The Morgan fingerprint density at radius 3 is 2.68 bits per heavy atom. The molecule has 22 heavy (non-hydrogen) atoms. The van der Waals surface area contributed by atoms with Gasteiger partial charge in [0.05, 0.1) is 12.5 Å². The van der Waals surface area contributed by atoms with Gasteiger partial charge in [0.15, 0.2) is 0 Å². The van der Waals surface area contributed by atoms with Crippen LogP contribution in [0.15, 0.2) is 66.3 Å². The molecule has 1 N–H and O–H groups in total. The highest BCUT2D eigenvalue weighted by molar-refractivity contribution is 7.10. The standard InChI is InChI=1S/C18H18N2OS/c1-14-6-4-7-15(12-14)19-18(21)13-16(17-8-5-11-22-17)20-9-2-3-10-20/h2-12,16H,13H2,1H3,(H,19,21)/t16-/m1/s1. The third-order valence-electron chi connectivity index (χ3n) is 3.54. The van der Waals surface area contributed by atoms with Crippen molar-refractivity contribution in [2.45, 2.75) is 19.4 Å². The molecule has 2 aromatic heterocycles. The summed E-state index contributed by atoms with van der Waals surface area (Å²) in [5.74, 6) is 0.0256. The molecule has 0 aliphatic carbocycles. The molecule has 0 aliphatic heterocycles. The third-order valence-corrected chi connectivity index (χ3v) is 4.51. The number of hydrogen-bond donors (Lipinski definition) is 1. The summed E-state index contributed by atoms with van der Waals surface area (Å²) in [6, 6.07) is 16.0. The highest BCUT2D eigenvalue weighted by atomic mass is 32.1. The normalized spacial score (nSPS) is 12.0. The minimum absolute atomic E-state index is 0.0256. The Kier molecular flexibility index (Phi) is 4.39. The number of carbonyl (C=O) groups excluding carboxylic acids is 1. The molecule has 0 spiro atoms. The Morgan fingerprint density at radius 1 is 1.18 bits per heavy atom. The van der Waals surface area contributed by atoms with Crippen LogP contribution in [0.5, 0.6) is 0 Å². The quantitative estimate of drug-likeness (QED) is 0.741. The van der Waals surface area contributed by atoms with Crippen molar-refractivity contribution in [1.29, 1.82) is 0 Å². The van der Waals surface area contributed by atoms with Gasteiger partial charge in [-0.2, -0.15) is 0 Å². The van der Waals surface area contributed by atoms with E-state index in [1.165, 1.54) is 4.88 Å². The molecule has 112 valence electrons. The highest BCUT2D eigenvalue weighted by Crippen LogP contribution is 2.27. The van der Waals surface area contributed by atoms with Gasteiger partial charge >= 0.3 is 0 Å². The average molecular weight is 310 g/mol. The van der Waals surface area contributed by atoms with Crippen LogP contribution in [0.2, 0.25) is 0 Å². The molecule has 0 radical (unpaired) electrons. The smallest absolute Gasteiger partial charge is 0.226 e. The maximum atomic E-state index is 12.4. The number of hydrogen-bond acceptors (Lipinski definition) is 2. The van der Waals surface area contributed by atoms with E-state index in [4.69, 9.17) is 0 Å². The Bertz CT molecular complexity index is 698. The fraction of sp³-hybridized carbons (Fsp3) is 0.167. The molecule has 1 aromatic carbocycles. The SMILES string of the molecule is Cc1cccc(NC(=O)C[C@H](c2cccs2)n2cccc2)c1. The van der Waals surface area contributed by atoms with Gasteiger partial charge in [0, 0.05) is 23.0 Å². The lowest BCUT2D eigenvalue weighted by Crippen LogP contribution is -2.19. The van der Waals surface area contributed by atoms with Crippen molar-refractivity contribution in [1.82, 2.24) is 4.57 Å². The fourth-order valence-electron chi connectivity index (χ4n) is 2.50. The van der Waals surface area contributed by atoms with E-state index in [2.05, 4.69) is 16.0 Å². The summed E-state index contributed by atoms with van der Waals surface area (Å²) in [7, 11) is 0. The molecule has 2 heterocycles. The van der Waals surface area contributed by atoms with Gasteiger partial charge < -0.3 is 9.88 Å². The molecule has 0 saturated heterocycles. The van der Waals surface area contributed by atoms with E-state index >= 15 is 0 Å². The average Bonchev–Trinajstić information content (AvgIpc) is 3.18. The number of aryl methyl sites for hydroxylation is 1. The van der Waals surface area contributed by atoms with Gasteiger partial charge in [0.2, 0.25) is 5.91 Å². The molecule has 0 fully saturated rings. The van der Waals surface area contributed by atoms with Gasteiger partial charge in [0.1, 0.15) is 0 Å². The number of amides is 1. The minimum atomic E-state index is 0.0256. The van der Waals surface area contributed by atoms with Gasteiger partial charge in [0.25, 0.3) is 0 Å². The zero-order chi connectivity index (χ0) is 15.4. The zero-order valence-electron chi connectivity index (χ0n) is 12.4. The first-order valence-corrected chi connectivity index (χ1v) is 8.13. The largest absolute Gasteiger partial charge is 0.346 e. The molecule has 4 heteroatoms. The van der Waals surface area contributed by atoms with Crippen molar-refractivity contribution in [3.8, 4) is 0 Å².